The molecule has 1 aromatic carbocycles. The minimum atomic E-state index is -0.840. The number of rotatable bonds is 7. The number of hydrogen-bond donors (Lipinski definition) is 3. The van der Waals surface area contributed by atoms with E-state index in [1.807, 2.05) is 40.0 Å². The predicted molar refractivity (Wildman–Crippen MR) is 109 cm³/mol. The quantitative estimate of drug-likeness (QED) is 0.658. The molecule has 1 aromatic rings. The minimum absolute atomic E-state index is 0.0331. The summed E-state index contributed by atoms with van der Waals surface area (Å²) in [4.78, 5) is 24.9. The van der Waals surface area contributed by atoms with E-state index in [0.29, 0.717) is 18.6 Å². The monoisotopic (exact) mass is 390 g/mol. The second-order valence-electron chi connectivity index (χ2n) is 7.82. The Balaban J connectivity index is 2.13. The fraction of sp³-hybridized carbons (Fsp3) is 0.550. The summed E-state index contributed by atoms with van der Waals surface area (Å²) in [5.74, 6) is 0.355. The number of nitrogens with one attached hydrogen (secondary N) is 2. The van der Waals surface area contributed by atoms with Gasteiger partial charge in [-0.15, -0.1) is 0 Å². The van der Waals surface area contributed by atoms with Crippen molar-refractivity contribution in [3.63, 3.8) is 0 Å². The van der Waals surface area contributed by atoms with Crippen molar-refractivity contribution in [3.8, 4) is 5.75 Å². The third-order valence-corrected chi connectivity index (χ3v) is 4.50. The standard InChI is InChI=1S/C20H30N4O4/c1-13(25)24(20(2,3)4)11-15(26)12-28-18-8-6-14(21-5)10-16(18)17-7-9-19(27)23-22-17/h6,8,10,15,21,26H,7,9,11-12H2,1-5H3,(H,23,27). The number of hydrogen-bond acceptors (Lipinski definition) is 6. The van der Waals surface area contributed by atoms with E-state index >= 15 is 0 Å². The molecule has 0 aromatic heterocycles. The number of anilines is 1. The third-order valence-electron chi connectivity index (χ3n) is 4.50. The van der Waals surface area contributed by atoms with Crippen molar-refractivity contribution in [2.75, 3.05) is 25.5 Å². The van der Waals surface area contributed by atoms with Crippen molar-refractivity contribution in [3.05, 3.63) is 23.8 Å². The van der Waals surface area contributed by atoms with E-state index in [9.17, 15) is 14.7 Å². The summed E-state index contributed by atoms with van der Waals surface area (Å²) in [7, 11) is 1.82. The number of amides is 2. The van der Waals surface area contributed by atoms with Crippen LogP contribution in [0, 0.1) is 0 Å². The predicted octanol–water partition coefficient (Wildman–Crippen LogP) is 1.73. The highest BCUT2D eigenvalue weighted by Gasteiger charge is 2.26. The van der Waals surface area contributed by atoms with Crippen molar-refractivity contribution >= 4 is 23.2 Å². The van der Waals surface area contributed by atoms with Gasteiger partial charge in [-0.25, -0.2) is 5.43 Å². The molecule has 1 aliphatic rings. The molecule has 0 radical (unpaired) electrons. The van der Waals surface area contributed by atoms with Gasteiger partial charge in [-0.1, -0.05) is 0 Å². The first-order valence-corrected chi connectivity index (χ1v) is 9.38. The van der Waals surface area contributed by atoms with Crippen LogP contribution in [0.2, 0.25) is 0 Å². The van der Waals surface area contributed by atoms with Crippen molar-refractivity contribution in [2.45, 2.75) is 52.2 Å². The topological polar surface area (TPSA) is 103 Å². The Morgan fingerprint density at radius 3 is 2.64 bits per heavy atom. The third kappa shape index (κ3) is 5.69. The molecule has 1 heterocycles. The molecule has 0 saturated heterocycles. The largest absolute Gasteiger partial charge is 0.490 e. The molecule has 0 aliphatic carbocycles. The molecular weight excluding hydrogens is 360 g/mol. The van der Waals surface area contributed by atoms with Crippen LogP contribution >= 0.6 is 0 Å². The maximum atomic E-state index is 11.9. The average Bonchev–Trinajstić information content (AvgIpc) is 2.63. The lowest BCUT2D eigenvalue weighted by Crippen LogP contribution is -2.49. The highest BCUT2D eigenvalue weighted by Crippen LogP contribution is 2.26. The van der Waals surface area contributed by atoms with Crippen LogP contribution in [0.3, 0.4) is 0 Å². The molecular formula is C20H30N4O4. The number of ether oxygens (including phenoxy) is 1. The summed E-state index contributed by atoms with van der Waals surface area (Å²) in [5, 5.41) is 17.6. The van der Waals surface area contributed by atoms with Crippen LogP contribution in [-0.4, -0.2) is 59.4 Å². The van der Waals surface area contributed by atoms with Gasteiger partial charge in [0, 0.05) is 43.6 Å². The van der Waals surface area contributed by atoms with E-state index in [1.54, 1.807) is 11.0 Å². The number of carbonyl (C=O) groups excluding carboxylic acids is 2. The minimum Gasteiger partial charge on any atom is -0.490 e. The van der Waals surface area contributed by atoms with E-state index in [0.717, 1.165) is 17.0 Å². The molecule has 2 rings (SSSR count). The number of benzene rings is 1. The molecule has 0 spiro atoms. The van der Waals surface area contributed by atoms with Crippen LogP contribution in [0.1, 0.15) is 46.1 Å². The van der Waals surface area contributed by atoms with Gasteiger partial charge in [-0.05, 0) is 39.0 Å². The van der Waals surface area contributed by atoms with Gasteiger partial charge >= 0.3 is 0 Å². The van der Waals surface area contributed by atoms with Crippen LogP contribution in [0.4, 0.5) is 5.69 Å². The Morgan fingerprint density at radius 1 is 1.39 bits per heavy atom. The summed E-state index contributed by atoms with van der Waals surface area (Å²) < 4.78 is 5.86. The lowest BCUT2D eigenvalue weighted by molar-refractivity contribution is -0.135. The first-order chi connectivity index (χ1) is 13.1. The molecule has 3 N–H and O–H groups in total. The SMILES string of the molecule is CNc1ccc(OCC(O)CN(C(C)=O)C(C)(C)C)c(C2=NNC(=O)CC2)c1. The van der Waals surface area contributed by atoms with Crippen LogP contribution in [0.15, 0.2) is 23.3 Å². The van der Waals surface area contributed by atoms with Gasteiger partial charge in [0.2, 0.25) is 11.8 Å². The van der Waals surface area contributed by atoms with E-state index in [2.05, 4.69) is 15.8 Å². The number of aliphatic hydroxyl groups is 1. The zero-order valence-corrected chi connectivity index (χ0v) is 17.2. The zero-order chi connectivity index (χ0) is 20.9. The van der Waals surface area contributed by atoms with Crippen molar-refractivity contribution in [1.82, 2.24) is 10.3 Å². The van der Waals surface area contributed by atoms with E-state index in [1.165, 1.54) is 6.92 Å². The fourth-order valence-electron chi connectivity index (χ4n) is 3.03. The van der Waals surface area contributed by atoms with Crippen molar-refractivity contribution in [2.24, 2.45) is 5.10 Å². The van der Waals surface area contributed by atoms with Crippen LogP contribution in [0.25, 0.3) is 0 Å². The number of β-amino-alcohol motifs (C(OH)–C–C–N with tert-alkyl or cyclic N) is 1. The van der Waals surface area contributed by atoms with Crippen LogP contribution in [0.5, 0.6) is 5.75 Å². The molecule has 2 amide bonds. The number of aliphatic hydroxyl groups excluding tert-OH is 1. The van der Waals surface area contributed by atoms with Gasteiger partial charge < -0.3 is 20.1 Å². The first-order valence-electron chi connectivity index (χ1n) is 9.38. The fourth-order valence-corrected chi connectivity index (χ4v) is 3.03. The highest BCUT2D eigenvalue weighted by molar-refractivity contribution is 6.06. The number of nitrogens with zero attached hydrogens (tertiary/aromatic N) is 2. The Labute approximate surface area is 165 Å². The highest BCUT2D eigenvalue weighted by atomic mass is 16.5. The Hall–Kier alpha value is -2.61. The summed E-state index contributed by atoms with van der Waals surface area (Å²) in [6.45, 7) is 7.47. The average molecular weight is 390 g/mol. The van der Waals surface area contributed by atoms with E-state index in [-0.39, 0.29) is 30.5 Å². The first kappa shape index (κ1) is 21.7. The van der Waals surface area contributed by atoms with Gasteiger partial charge in [0.25, 0.3) is 0 Å². The van der Waals surface area contributed by atoms with Gasteiger partial charge in [0.15, 0.2) is 0 Å². The molecule has 154 valence electrons. The second kappa shape index (κ2) is 9.05. The van der Waals surface area contributed by atoms with Crippen LogP contribution in [-0.2, 0) is 9.59 Å². The normalized spacial score (nSPS) is 15.4. The van der Waals surface area contributed by atoms with Gasteiger partial charge in [-0.3, -0.25) is 9.59 Å². The maximum Gasteiger partial charge on any atom is 0.240 e. The smallest absolute Gasteiger partial charge is 0.240 e. The Morgan fingerprint density at radius 2 is 2.11 bits per heavy atom. The molecule has 8 heteroatoms. The molecule has 0 bridgehead atoms. The Bertz CT molecular complexity index is 755. The maximum absolute atomic E-state index is 11.9. The van der Waals surface area contributed by atoms with Gasteiger partial charge in [0.1, 0.15) is 18.5 Å². The second-order valence-corrected chi connectivity index (χ2v) is 7.82. The summed E-state index contributed by atoms with van der Waals surface area (Å²) in [6.07, 6.45) is 0.0390. The molecule has 28 heavy (non-hydrogen) atoms. The zero-order valence-electron chi connectivity index (χ0n) is 17.2. The molecule has 0 fully saturated rings. The van der Waals surface area contributed by atoms with Gasteiger partial charge in [0.05, 0.1) is 12.3 Å². The summed E-state index contributed by atoms with van der Waals surface area (Å²) in [6, 6.07) is 5.57. The van der Waals surface area contributed by atoms with E-state index < -0.39 is 6.10 Å². The molecule has 1 unspecified atom stereocenters. The van der Waals surface area contributed by atoms with Crippen molar-refractivity contribution < 1.29 is 19.4 Å². The molecule has 0 saturated carbocycles. The Kier molecular flexibility index (Phi) is 7.01. The number of carbonyl (C=O) groups is 2. The summed E-state index contributed by atoms with van der Waals surface area (Å²) in [5.41, 5.74) is 4.48. The number of hydrazone groups is 1. The molecule has 1 atom stereocenters. The lowest BCUT2D eigenvalue weighted by atomic mass is 10.0. The summed E-state index contributed by atoms with van der Waals surface area (Å²) >= 11 is 0. The lowest BCUT2D eigenvalue weighted by Gasteiger charge is -2.36. The van der Waals surface area contributed by atoms with Gasteiger partial charge in [-0.2, -0.15) is 5.10 Å². The molecule has 8 nitrogen and oxygen atoms in total. The van der Waals surface area contributed by atoms with Crippen LogP contribution < -0.4 is 15.5 Å². The van der Waals surface area contributed by atoms with E-state index in [4.69, 9.17) is 4.74 Å². The molecule has 1 aliphatic heterocycles. The van der Waals surface area contributed by atoms with Crippen molar-refractivity contribution in [1.29, 1.82) is 0 Å².